The molecule has 9 heteroatoms. The van der Waals surface area contributed by atoms with Crippen molar-refractivity contribution in [1.82, 2.24) is 4.31 Å². The molecule has 1 aliphatic rings. The number of halogens is 1. The monoisotopic (exact) mass is 407 g/mol. The molecule has 2 aromatic carbocycles. The fourth-order valence-electron chi connectivity index (χ4n) is 2.85. The van der Waals surface area contributed by atoms with Crippen molar-refractivity contribution in [3.8, 4) is 0 Å². The molecular weight excluding hydrogens is 385 g/mol. The number of likely N-dealkylation sites (N-methyl/N-ethyl adjacent to an activating group) is 1. The van der Waals surface area contributed by atoms with Crippen LogP contribution in [0.1, 0.15) is 0 Å². The standard InChI is InChI=1S/C19H22FN3O4S/c1-22(28(25,26)18-8-2-15(20)3-9-18)14-19(24)21-16-4-6-17(7-5-16)23-10-12-27-13-11-23/h2-9H,10-14H2,1H3,(H,21,24). The maximum Gasteiger partial charge on any atom is 0.243 e. The summed E-state index contributed by atoms with van der Waals surface area (Å²) in [5.74, 6) is -0.993. The Labute approximate surface area is 163 Å². The minimum atomic E-state index is -3.88. The Morgan fingerprint density at radius 1 is 1.11 bits per heavy atom. The molecule has 2 aromatic rings. The summed E-state index contributed by atoms with van der Waals surface area (Å²) in [7, 11) is -2.57. The summed E-state index contributed by atoms with van der Waals surface area (Å²) in [6.45, 7) is 2.65. The van der Waals surface area contributed by atoms with Crippen molar-refractivity contribution in [2.45, 2.75) is 4.90 Å². The van der Waals surface area contributed by atoms with E-state index in [9.17, 15) is 17.6 Å². The second kappa shape index (κ2) is 8.68. The number of morpholine rings is 1. The average Bonchev–Trinajstić information content (AvgIpc) is 2.69. The van der Waals surface area contributed by atoms with Crippen LogP contribution in [0, 0.1) is 5.82 Å². The van der Waals surface area contributed by atoms with Gasteiger partial charge >= 0.3 is 0 Å². The maximum atomic E-state index is 13.0. The van der Waals surface area contributed by atoms with Gasteiger partial charge < -0.3 is 15.0 Å². The lowest BCUT2D eigenvalue weighted by atomic mass is 10.2. The third-order valence-corrected chi connectivity index (χ3v) is 6.23. The number of ether oxygens (including phenoxy) is 1. The molecule has 0 bridgehead atoms. The molecule has 1 aliphatic heterocycles. The maximum absolute atomic E-state index is 13.0. The van der Waals surface area contributed by atoms with E-state index >= 15 is 0 Å². The number of sulfonamides is 1. The van der Waals surface area contributed by atoms with Crippen LogP contribution in [0.4, 0.5) is 15.8 Å². The third-order valence-electron chi connectivity index (χ3n) is 4.42. The number of amides is 1. The van der Waals surface area contributed by atoms with Crippen LogP contribution in [0.2, 0.25) is 0 Å². The molecule has 150 valence electrons. The van der Waals surface area contributed by atoms with E-state index in [1.54, 1.807) is 12.1 Å². The molecule has 0 aliphatic carbocycles. The SMILES string of the molecule is CN(CC(=O)Nc1ccc(N2CCOCC2)cc1)S(=O)(=O)c1ccc(F)cc1. The number of benzene rings is 2. The number of nitrogens with one attached hydrogen (secondary N) is 1. The molecule has 1 saturated heterocycles. The lowest BCUT2D eigenvalue weighted by Crippen LogP contribution is -2.36. The first kappa shape index (κ1) is 20.2. The van der Waals surface area contributed by atoms with Crippen molar-refractivity contribution in [2.75, 3.05) is 50.1 Å². The molecule has 0 radical (unpaired) electrons. The van der Waals surface area contributed by atoms with Gasteiger partial charge in [-0.2, -0.15) is 4.31 Å². The Bertz CT molecular complexity index is 911. The topological polar surface area (TPSA) is 79.0 Å². The highest BCUT2D eigenvalue weighted by Gasteiger charge is 2.23. The molecule has 3 rings (SSSR count). The molecule has 0 spiro atoms. The fraction of sp³-hybridized carbons (Fsp3) is 0.316. The van der Waals surface area contributed by atoms with Crippen LogP contribution in [0.5, 0.6) is 0 Å². The number of carbonyl (C=O) groups excluding carboxylic acids is 1. The van der Waals surface area contributed by atoms with Crippen LogP contribution in [-0.2, 0) is 19.6 Å². The third kappa shape index (κ3) is 4.86. The summed E-state index contributed by atoms with van der Waals surface area (Å²) in [6, 6.07) is 11.8. The number of rotatable bonds is 6. The van der Waals surface area contributed by atoms with Gasteiger partial charge in [-0.05, 0) is 48.5 Å². The number of hydrogen-bond donors (Lipinski definition) is 1. The summed E-state index contributed by atoms with van der Waals surface area (Å²) in [5.41, 5.74) is 1.62. The lowest BCUT2D eigenvalue weighted by molar-refractivity contribution is -0.116. The average molecular weight is 407 g/mol. The van der Waals surface area contributed by atoms with Crippen LogP contribution < -0.4 is 10.2 Å². The molecular formula is C19H22FN3O4S. The molecule has 1 N–H and O–H groups in total. The lowest BCUT2D eigenvalue weighted by Gasteiger charge is -2.28. The van der Waals surface area contributed by atoms with Gasteiger partial charge in [-0.1, -0.05) is 0 Å². The van der Waals surface area contributed by atoms with E-state index in [2.05, 4.69) is 10.2 Å². The van der Waals surface area contributed by atoms with Gasteiger partial charge in [0.25, 0.3) is 0 Å². The van der Waals surface area contributed by atoms with Crippen molar-refractivity contribution >= 4 is 27.3 Å². The normalized spacial score (nSPS) is 14.9. The Balaban J connectivity index is 1.59. The van der Waals surface area contributed by atoms with E-state index in [1.165, 1.54) is 19.2 Å². The van der Waals surface area contributed by atoms with Gasteiger partial charge in [0.05, 0.1) is 24.7 Å². The second-order valence-electron chi connectivity index (χ2n) is 6.41. The Kier molecular flexibility index (Phi) is 6.28. The Hall–Kier alpha value is -2.49. The van der Waals surface area contributed by atoms with Crippen molar-refractivity contribution in [1.29, 1.82) is 0 Å². The van der Waals surface area contributed by atoms with E-state index in [-0.39, 0.29) is 11.4 Å². The van der Waals surface area contributed by atoms with Gasteiger partial charge in [0.15, 0.2) is 0 Å². The molecule has 0 aromatic heterocycles. The molecule has 1 fully saturated rings. The second-order valence-corrected chi connectivity index (χ2v) is 8.45. The summed E-state index contributed by atoms with van der Waals surface area (Å²) < 4.78 is 44.2. The predicted octanol–water partition coefficient (Wildman–Crippen LogP) is 1.92. The zero-order chi connectivity index (χ0) is 20.1. The van der Waals surface area contributed by atoms with Crippen LogP contribution in [0.25, 0.3) is 0 Å². The summed E-state index contributed by atoms with van der Waals surface area (Å²) >= 11 is 0. The zero-order valence-corrected chi connectivity index (χ0v) is 16.3. The highest BCUT2D eigenvalue weighted by Crippen LogP contribution is 2.19. The van der Waals surface area contributed by atoms with E-state index in [0.717, 1.165) is 35.2 Å². The van der Waals surface area contributed by atoms with Gasteiger partial charge in [-0.3, -0.25) is 4.79 Å². The summed E-state index contributed by atoms with van der Waals surface area (Å²) in [5, 5.41) is 2.69. The van der Waals surface area contributed by atoms with E-state index in [4.69, 9.17) is 4.74 Å². The number of nitrogens with zero attached hydrogens (tertiary/aromatic N) is 2. The summed E-state index contributed by atoms with van der Waals surface area (Å²) in [6.07, 6.45) is 0. The van der Waals surface area contributed by atoms with Gasteiger partial charge in [0.2, 0.25) is 15.9 Å². The van der Waals surface area contributed by atoms with Gasteiger partial charge in [-0.15, -0.1) is 0 Å². The van der Waals surface area contributed by atoms with Crippen LogP contribution in [0.3, 0.4) is 0 Å². The number of carbonyl (C=O) groups is 1. The first-order chi connectivity index (χ1) is 13.4. The number of anilines is 2. The fourth-order valence-corrected chi connectivity index (χ4v) is 3.98. The summed E-state index contributed by atoms with van der Waals surface area (Å²) in [4.78, 5) is 14.4. The smallest absolute Gasteiger partial charge is 0.243 e. The van der Waals surface area contributed by atoms with Crippen molar-refractivity contribution in [3.63, 3.8) is 0 Å². The predicted molar refractivity (Wildman–Crippen MR) is 104 cm³/mol. The molecule has 1 amide bonds. The molecule has 0 unspecified atom stereocenters. The van der Waals surface area contributed by atoms with E-state index in [1.807, 2.05) is 12.1 Å². The van der Waals surface area contributed by atoms with Crippen molar-refractivity contribution in [3.05, 3.63) is 54.3 Å². The number of hydrogen-bond acceptors (Lipinski definition) is 5. The van der Waals surface area contributed by atoms with Gasteiger partial charge in [0, 0.05) is 31.5 Å². The minimum Gasteiger partial charge on any atom is -0.378 e. The van der Waals surface area contributed by atoms with Crippen molar-refractivity contribution < 1.29 is 22.3 Å². The minimum absolute atomic E-state index is 0.0703. The van der Waals surface area contributed by atoms with E-state index in [0.29, 0.717) is 18.9 Å². The zero-order valence-electron chi connectivity index (χ0n) is 15.5. The highest BCUT2D eigenvalue weighted by atomic mass is 32.2. The van der Waals surface area contributed by atoms with Gasteiger partial charge in [-0.25, -0.2) is 12.8 Å². The van der Waals surface area contributed by atoms with Crippen LogP contribution in [0.15, 0.2) is 53.4 Å². The first-order valence-electron chi connectivity index (χ1n) is 8.81. The van der Waals surface area contributed by atoms with Crippen molar-refractivity contribution in [2.24, 2.45) is 0 Å². The molecule has 7 nitrogen and oxygen atoms in total. The van der Waals surface area contributed by atoms with Crippen LogP contribution >= 0.6 is 0 Å². The molecule has 1 heterocycles. The highest BCUT2D eigenvalue weighted by molar-refractivity contribution is 7.89. The van der Waals surface area contributed by atoms with E-state index < -0.39 is 21.7 Å². The first-order valence-corrected chi connectivity index (χ1v) is 10.2. The molecule has 28 heavy (non-hydrogen) atoms. The van der Waals surface area contributed by atoms with Crippen LogP contribution in [-0.4, -0.2) is 58.5 Å². The Morgan fingerprint density at radius 3 is 2.32 bits per heavy atom. The quantitative estimate of drug-likeness (QED) is 0.792. The molecule has 0 saturated carbocycles. The van der Waals surface area contributed by atoms with Gasteiger partial charge in [0.1, 0.15) is 5.82 Å². The largest absolute Gasteiger partial charge is 0.378 e. The molecule has 0 atom stereocenters. The Morgan fingerprint density at radius 2 is 1.71 bits per heavy atom.